The van der Waals surface area contributed by atoms with Gasteiger partial charge in [0.1, 0.15) is 23.1 Å². The zero-order valence-corrected chi connectivity index (χ0v) is 17.3. The lowest BCUT2D eigenvalue weighted by Gasteiger charge is -2.09. The molecule has 5 nitrogen and oxygen atoms in total. The monoisotopic (exact) mass is 428 g/mol. The first-order valence-electron chi connectivity index (χ1n) is 9.50. The van der Waals surface area contributed by atoms with Crippen molar-refractivity contribution in [1.29, 1.82) is 0 Å². The molecule has 1 saturated heterocycles. The van der Waals surface area contributed by atoms with Gasteiger partial charge in [0.05, 0.1) is 6.10 Å². The molecular weight excluding hydrogens is 408 g/mol. The number of ether oxygens (including phenoxy) is 2. The van der Waals surface area contributed by atoms with E-state index in [2.05, 4.69) is 10.3 Å². The van der Waals surface area contributed by atoms with Crippen molar-refractivity contribution in [3.8, 4) is 16.3 Å². The Morgan fingerprint density at radius 3 is 3.00 bits per heavy atom. The van der Waals surface area contributed by atoms with Crippen LogP contribution in [0, 0.1) is 0 Å². The Labute approximate surface area is 178 Å². The second kappa shape index (κ2) is 9.39. The molecule has 1 aliphatic heterocycles. The lowest BCUT2D eigenvalue weighted by molar-refractivity contribution is 0.0854. The number of hydrogen-bond acceptors (Lipinski definition) is 5. The largest absolute Gasteiger partial charge is 0.489 e. The summed E-state index contributed by atoms with van der Waals surface area (Å²) in [6, 6.07) is 15.3. The van der Waals surface area contributed by atoms with Crippen LogP contribution in [0.15, 0.2) is 53.9 Å². The maximum atomic E-state index is 12.3. The molecule has 1 N–H and O–H groups in total. The van der Waals surface area contributed by atoms with Crippen LogP contribution in [-0.2, 0) is 11.3 Å². The third-order valence-electron chi connectivity index (χ3n) is 4.63. The average molecular weight is 429 g/mol. The minimum atomic E-state index is -0.170. The van der Waals surface area contributed by atoms with Crippen molar-refractivity contribution < 1.29 is 14.3 Å². The fourth-order valence-corrected chi connectivity index (χ4v) is 4.14. The molecule has 2 heterocycles. The van der Waals surface area contributed by atoms with Gasteiger partial charge in [0.25, 0.3) is 5.91 Å². The zero-order chi connectivity index (χ0) is 20.1. The van der Waals surface area contributed by atoms with Crippen LogP contribution in [-0.4, -0.2) is 30.1 Å². The summed E-state index contributed by atoms with van der Waals surface area (Å²) in [7, 11) is 0. The number of nitrogens with zero attached hydrogens (tertiary/aromatic N) is 1. The number of amides is 1. The van der Waals surface area contributed by atoms with Crippen LogP contribution >= 0.6 is 22.9 Å². The molecule has 1 aliphatic rings. The van der Waals surface area contributed by atoms with Crippen LogP contribution < -0.4 is 10.1 Å². The summed E-state index contributed by atoms with van der Waals surface area (Å²) in [6.45, 7) is 1.73. The smallest absolute Gasteiger partial charge is 0.270 e. The van der Waals surface area contributed by atoms with Crippen LogP contribution in [0.3, 0.4) is 0 Å². The predicted molar refractivity (Wildman–Crippen MR) is 115 cm³/mol. The minimum absolute atomic E-state index is 0.116. The Bertz CT molecular complexity index is 985. The number of carbonyl (C=O) groups excluding carboxylic acids is 1. The Hall–Kier alpha value is -2.41. The molecule has 3 aromatic rings. The molecule has 7 heteroatoms. The van der Waals surface area contributed by atoms with Gasteiger partial charge >= 0.3 is 0 Å². The number of aromatic nitrogens is 1. The highest BCUT2D eigenvalue weighted by molar-refractivity contribution is 7.13. The van der Waals surface area contributed by atoms with Crippen molar-refractivity contribution >= 4 is 28.8 Å². The number of benzene rings is 2. The van der Waals surface area contributed by atoms with Gasteiger partial charge in [-0.2, -0.15) is 0 Å². The van der Waals surface area contributed by atoms with Crippen LogP contribution in [0.25, 0.3) is 10.6 Å². The summed E-state index contributed by atoms with van der Waals surface area (Å²) in [6.07, 6.45) is 2.16. The molecule has 1 atom stereocenters. The summed E-state index contributed by atoms with van der Waals surface area (Å²) in [4.78, 5) is 16.8. The van der Waals surface area contributed by atoms with Crippen molar-refractivity contribution in [2.24, 2.45) is 0 Å². The summed E-state index contributed by atoms with van der Waals surface area (Å²) < 4.78 is 11.4. The predicted octanol–water partition coefficient (Wildman–Crippen LogP) is 4.95. The summed E-state index contributed by atoms with van der Waals surface area (Å²) in [5, 5.41) is 6.15. The molecule has 1 amide bonds. The highest BCUT2D eigenvalue weighted by Gasteiger charge is 2.18. The van der Waals surface area contributed by atoms with E-state index in [1.54, 1.807) is 5.38 Å². The molecule has 0 aliphatic carbocycles. The summed E-state index contributed by atoms with van der Waals surface area (Å²) in [5.41, 5.74) is 2.34. The van der Waals surface area contributed by atoms with Gasteiger partial charge in [-0.05, 0) is 42.7 Å². The minimum Gasteiger partial charge on any atom is -0.489 e. The van der Waals surface area contributed by atoms with E-state index < -0.39 is 0 Å². The van der Waals surface area contributed by atoms with Crippen LogP contribution in [0.1, 0.15) is 28.9 Å². The van der Waals surface area contributed by atoms with Crippen LogP contribution in [0.2, 0.25) is 5.02 Å². The molecule has 0 bridgehead atoms. The topological polar surface area (TPSA) is 60.5 Å². The molecule has 1 aromatic heterocycles. The summed E-state index contributed by atoms with van der Waals surface area (Å²) >= 11 is 7.45. The van der Waals surface area contributed by atoms with Crippen molar-refractivity contribution in [2.45, 2.75) is 25.6 Å². The number of rotatable bonds is 7. The van der Waals surface area contributed by atoms with Gasteiger partial charge in [-0.3, -0.25) is 4.79 Å². The SMILES string of the molecule is O=C(NCC1CCCO1)c1csc(-c2cccc(OCc3cccc(Cl)c3)c2)n1. The molecular formula is C22H21ClN2O3S. The zero-order valence-electron chi connectivity index (χ0n) is 15.8. The molecule has 2 aromatic carbocycles. The normalized spacial score (nSPS) is 16.0. The second-order valence-corrected chi connectivity index (χ2v) is 8.12. The van der Waals surface area contributed by atoms with E-state index in [9.17, 15) is 4.79 Å². The van der Waals surface area contributed by atoms with Gasteiger partial charge in [-0.1, -0.05) is 35.9 Å². The van der Waals surface area contributed by atoms with Gasteiger partial charge < -0.3 is 14.8 Å². The maximum absolute atomic E-state index is 12.3. The summed E-state index contributed by atoms with van der Waals surface area (Å²) in [5.74, 6) is 0.568. The number of halogens is 1. The highest BCUT2D eigenvalue weighted by atomic mass is 35.5. The van der Waals surface area contributed by atoms with Gasteiger partial charge in [0.2, 0.25) is 0 Å². The molecule has 1 unspecified atom stereocenters. The fourth-order valence-electron chi connectivity index (χ4n) is 3.13. The van der Waals surface area contributed by atoms with E-state index in [0.29, 0.717) is 23.9 Å². The van der Waals surface area contributed by atoms with Crippen LogP contribution in [0.5, 0.6) is 5.75 Å². The molecule has 0 saturated carbocycles. The Kier molecular flexibility index (Phi) is 6.44. The van der Waals surface area contributed by atoms with Crippen LogP contribution in [0.4, 0.5) is 0 Å². The first-order valence-corrected chi connectivity index (χ1v) is 10.8. The van der Waals surface area contributed by atoms with Gasteiger partial charge in [0, 0.05) is 29.1 Å². The van der Waals surface area contributed by atoms with Crippen molar-refractivity contribution in [3.05, 3.63) is 70.2 Å². The van der Waals surface area contributed by atoms with E-state index in [1.807, 2.05) is 48.5 Å². The van der Waals surface area contributed by atoms with Crippen molar-refractivity contribution in [2.75, 3.05) is 13.2 Å². The Morgan fingerprint density at radius 1 is 1.28 bits per heavy atom. The van der Waals surface area contributed by atoms with Gasteiger partial charge in [0.15, 0.2) is 0 Å². The van der Waals surface area contributed by atoms with E-state index in [4.69, 9.17) is 21.1 Å². The highest BCUT2D eigenvalue weighted by Crippen LogP contribution is 2.27. The maximum Gasteiger partial charge on any atom is 0.270 e. The molecule has 1 fully saturated rings. The van der Waals surface area contributed by atoms with Gasteiger partial charge in [-0.15, -0.1) is 11.3 Å². The van der Waals surface area contributed by atoms with Crippen molar-refractivity contribution in [3.63, 3.8) is 0 Å². The van der Waals surface area contributed by atoms with E-state index in [-0.39, 0.29) is 12.0 Å². The lowest BCUT2D eigenvalue weighted by Crippen LogP contribution is -2.31. The Morgan fingerprint density at radius 2 is 2.17 bits per heavy atom. The first-order chi connectivity index (χ1) is 14.2. The fraction of sp³-hybridized carbons (Fsp3) is 0.273. The van der Waals surface area contributed by atoms with Gasteiger partial charge in [-0.25, -0.2) is 4.98 Å². The standard InChI is InChI=1S/C22H21ClN2O3S/c23-17-6-1-4-15(10-17)13-28-18-7-2-5-16(11-18)22-25-20(14-29-22)21(26)24-12-19-8-3-9-27-19/h1-2,4-7,10-11,14,19H,3,8-9,12-13H2,(H,24,26). The molecule has 0 spiro atoms. The molecule has 29 heavy (non-hydrogen) atoms. The molecule has 4 rings (SSSR count). The molecule has 0 radical (unpaired) electrons. The number of thiazole rings is 1. The van der Waals surface area contributed by atoms with E-state index in [1.165, 1.54) is 11.3 Å². The number of nitrogens with one attached hydrogen (secondary N) is 1. The third-order valence-corrected chi connectivity index (χ3v) is 5.75. The second-order valence-electron chi connectivity index (χ2n) is 6.83. The first kappa shape index (κ1) is 19.9. The lowest BCUT2D eigenvalue weighted by atomic mass is 10.2. The third kappa shape index (κ3) is 5.35. The van der Waals surface area contributed by atoms with Crippen molar-refractivity contribution in [1.82, 2.24) is 10.3 Å². The number of hydrogen-bond donors (Lipinski definition) is 1. The number of carbonyl (C=O) groups is 1. The van der Waals surface area contributed by atoms with E-state index >= 15 is 0 Å². The Balaban J connectivity index is 1.38. The molecule has 150 valence electrons. The van der Waals surface area contributed by atoms with E-state index in [0.717, 1.165) is 41.3 Å². The average Bonchev–Trinajstić information content (AvgIpc) is 3.43. The quantitative estimate of drug-likeness (QED) is 0.578.